The van der Waals surface area contributed by atoms with Gasteiger partial charge >= 0.3 is 0 Å². The average molecular weight is 719 g/mol. The third-order valence-electron chi connectivity index (χ3n) is 11.1. The summed E-state index contributed by atoms with van der Waals surface area (Å²) in [6.07, 6.45) is 3.71. The van der Waals surface area contributed by atoms with Crippen molar-refractivity contribution in [1.82, 2.24) is 14.1 Å². The molecule has 4 heteroatoms. The first-order valence-corrected chi connectivity index (χ1v) is 19.1. The molecule has 0 saturated heterocycles. The molecule has 0 aliphatic rings. The molecule has 3 aromatic heterocycles. The molecule has 0 bridgehead atoms. The van der Waals surface area contributed by atoms with E-state index in [1.54, 1.807) is 0 Å². The molecule has 10 rings (SSSR count). The number of para-hydroxylation sites is 2. The lowest BCUT2D eigenvalue weighted by atomic mass is 9.98. The Morgan fingerprint density at radius 2 is 0.839 bits per heavy atom. The third-order valence-corrected chi connectivity index (χ3v) is 11.1. The molecule has 10 aromatic rings. The molecule has 0 saturated carbocycles. The van der Waals surface area contributed by atoms with Crippen LogP contribution in [0.25, 0.3) is 88.4 Å². The molecule has 3 heterocycles. The Balaban J connectivity index is 1.35. The van der Waals surface area contributed by atoms with Crippen LogP contribution >= 0.6 is 0 Å². The number of fused-ring (bicyclic) bond motifs is 6. The van der Waals surface area contributed by atoms with Crippen LogP contribution < -0.4 is 0 Å². The lowest BCUT2D eigenvalue weighted by Crippen LogP contribution is -2.05. The predicted octanol–water partition coefficient (Wildman–Crippen LogP) is 13.4. The van der Waals surface area contributed by atoms with Gasteiger partial charge in [-0.2, -0.15) is 5.26 Å². The molecule has 7 aromatic carbocycles. The van der Waals surface area contributed by atoms with Crippen LogP contribution in [0.1, 0.15) is 27.8 Å². The van der Waals surface area contributed by atoms with Crippen molar-refractivity contribution in [2.45, 2.75) is 27.7 Å². The zero-order valence-electron chi connectivity index (χ0n) is 31.8. The van der Waals surface area contributed by atoms with Crippen LogP contribution in [0.2, 0.25) is 0 Å². The van der Waals surface area contributed by atoms with Gasteiger partial charge in [-0.25, -0.2) is 0 Å². The molecule has 0 aliphatic carbocycles. The first-order valence-electron chi connectivity index (χ1n) is 19.1. The SMILES string of the molecule is Cc1cc(C)cc(-c2ccc3c4ccccc4n(-c4cc(C#N)cc(-n5c6ccccc6c6ccc(-c7cc(C)cc(C)c7)cc65)c4-c4ccncc4)c3c2)c1. The topological polar surface area (TPSA) is 46.5 Å². The molecular weight excluding hydrogens is 681 g/mol. The molecule has 0 atom stereocenters. The molecule has 0 fully saturated rings. The highest BCUT2D eigenvalue weighted by Crippen LogP contribution is 2.44. The molecule has 0 unspecified atom stereocenters. The van der Waals surface area contributed by atoms with Gasteiger partial charge in [-0.15, -0.1) is 0 Å². The summed E-state index contributed by atoms with van der Waals surface area (Å²) in [5.74, 6) is 0. The predicted molar refractivity (Wildman–Crippen MR) is 233 cm³/mol. The van der Waals surface area contributed by atoms with E-state index in [1.807, 2.05) is 12.4 Å². The van der Waals surface area contributed by atoms with Gasteiger partial charge in [0.25, 0.3) is 0 Å². The van der Waals surface area contributed by atoms with Gasteiger partial charge in [0.15, 0.2) is 0 Å². The maximum Gasteiger partial charge on any atom is 0.0993 e. The summed E-state index contributed by atoms with van der Waals surface area (Å²) in [6, 6.07) is 55.1. The summed E-state index contributed by atoms with van der Waals surface area (Å²) in [5, 5.41) is 15.5. The lowest BCUT2D eigenvalue weighted by Gasteiger charge is -2.21. The number of nitrogens with zero attached hydrogens (tertiary/aromatic N) is 4. The Kier molecular flexibility index (Phi) is 7.73. The maximum atomic E-state index is 10.8. The van der Waals surface area contributed by atoms with Crippen molar-refractivity contribution in [3.8, 4) is 50.8 Å². The fourth-order valence-electron chi connectivity index (χ4n) is 8.95. The van der Waals surface area contributed by atoms with Crippen molar-refractivity contribution in [2.75, 3.05) is 0 Å². The van der Waals surface area contributed by atoms with Crippen LogP contribution in [-0.2, 0) is 0 Å². The third kappa shape index (κ3) is 5.40. The van der Waals surface area contributed by atoms with Crippen molar-refractivity contribution in [1.29, 1.82) is 5.26 Å². The van der Waals surface area contributed by atoms with E-state index in [0.717, 1.165) is 77.2 Å². The molecule has 266 valence electrons. The molecule has 0 aliphatic heterocycles. The largest absolute Gasteiger partial charge is 0.308 e. The number of hydrogen-bond acceptors (Lipinski definition) is 2. The normalized spacial score (nSPS) is 11.6. The smallest absolute Gasteiger partial charge is 0.0993 e. The van der Waals surface area contributed by atoms with E-state index < -0.39 is 0 Å². The average Bonchev–Trinajstić information content (AvgIpc) is 3.72. The Morgan fingerprint density at radius 3 is 1.29 bits per heavy atom. The highest BCUT2D eigenvalue weighted by atomic mass is 15.0. The second-order valence-corrected chi connectivity index (χ2v) is 15.2. The Labute approximate surface area is 326 Å². The summed E-state index contributed by atoms with van der Waals surface area (Å²) in [5.41, 5.74) is 18.4. The summed E-state index contributed by atoms with van der Waals surface area (Å²) < 4.78 is 4.73. The van der Waals surface area contributed by atoms with Gasteiger partial charge in [0.05, 0.1) is 45.1 Å². The van der Waals surface area contributed by atoms with Gasteiger partial charge in [-0.3, -0.25) is 4.98 Å². The van der Waals surface area contributed by atoms with Crippen LogP contribution in [0.3, 0.4) is 0 Å². The van der Waals surface area contributed by atoms with Crippen molar-refractivity contribution in [3.05, 3.63) is 186 Å². The number of aryl methyl sites for hydroxylation is 4. The maximum absolute atomic E-state index is 10.8. The summed E-state index contributed by atoms with van der Waals surface area (Å²) in [6.45, 7) is 8.62. The van der Waals surface area contributed by atoms with Crippen LogP contribution in [0, 0.1) is 39.0 Å². The number of rotatable bonds is 5. The van der Waals surface area contributed by atoms with E-state index in [1.165, 1.54) is 33.4 Å². The van der Waals surface area contributed by atoms with E-state index in [4.69, 9.17) is 0 Å². The molecule has 0 spiro atoms. The zero-order chi connectivity index (χ0) is 38.1. The fourth-order valence-corrected chi connectivity index (χ4v) is 8.95. The quantitative estimate of drug-likeness (QED) is 0.178. The molecule has 0 amide bonds. The Morgan fingerprint density at radius 1 is 0.411 bits per heavy atom. The zero-order valence-corrected chi connectivity index (χ0v) is 31.8. The molecule has 4 nitrogen and oxygen atoms in total. The van der Waals surface area contributed by atoms with Gasteiger partial charge in [-0.05, 0) is 104 Å². The van der Waals surface area contributed by atoms with E-state index in [0.29, 0.717) is 5.56 Å². The highest BCUT2D eigenvalue weighted by Gasteiger charge is 2.24. The first kappa shape index (κ1) is 33.4. The summed E-state index contributed by atoms with van der Waals surface area (Å²) >= 11 is 0. The number of benzene rings is 7. The van der Waals surface area contributed by atoms with Gasteiger partial charge in [0.2, 0.25) is 0 Å². The lowest BCUT2D eigenvalue weighted by molar-refractivity contribution is 1.13. The van der Waals surface area contributed by atoms with Crippen molar-refractivity contribution < 1.29 is 0 Å². The van der Waals surface area contributed by atoms with Crippen LogP contribution in [0.5, 0.6) is 0 Å². The summed E-state index contributed by atoms with van der Waals surface area (Å²) in [4.78, 5) is 4.44. The molecule has 0 radical (unpaired) electrons. The standard InChI is InChI=1S/C52H38N4/c1-32-21-33(2)24-40(23-32)38-13-15-44-42-9-5-7-11-46(42)55(48(44)29-38)50-27-36(31-53)28-51(52(50)37-17-19-54-20-18-37)56-47-12-8-6-10-43(47)45-16-14-39(30-49(45)56)41-25-34(3)22-35(4)26-41/h5-30H,1-4H3. The van der Waals surface area contributed by atoms with Crippen LogP contribution in [-0.4, -0.2) is 14.1 Å². The fraction of sp³-hybridized carbons (Fsp3) is 0.0769. The number of nitriles is 1. The minimum Gasteiger partial charge on any atom is -0.308 e. The van der Waals surface area contributed by atoms with Crippen molar-refractivity contribution in [2.24, 2.45) is 0 Å². The summed E-state index contributed by atoms with van der Waals surface area (Å²) in [7, 11) is 0. The second-order valence-electron chi connectivity index (χ2n) is 15.2. The van der Waals surface area contributed by atoms with Gasteiger partial charge < -0.3 is 9.13 Å². The second kappa shape index (κ2) is 13.0. The number of aromatic nitrogens is 3. The van der Waals surface area contributed by atoms with Gasteiger partial charge in [-0.1, -0.05) is 119 Å². The number of hydrogen-bond donors (Lipinski definition) is 0. The van der Waals surface area contributed by atoms with Crippen LogP contribution in [0.4, 0.5) is 0 Å². The van der Waals surface area contributed by atoms with Gasteiger partial charge in [0.1, 0.15) is 0 Å². The highest BCUT2D eigenvalue weighted by molar-refractivity contribution is 6.13. The van der Waals surface area contributed by atoms with Crippen molar-refractivity contribution in [3.63, 3.8) is 0 Å². The minimum absolute atomic E-state index is 0.584. The van der Waals surface area contributed by atoms with E-state index in [9.17, 15) is 5.26 Å². The first-order chi connectivity index (χ1) is 27.3. The Hall–Kier alpha value is -7.22. The number of pyridine rings is 1. The van der Waals surface area contributed by atoms with E-state index in [2.05, 4.69) is 193 Å². The molecular formula is C52H38N4. The monoisotopic (exact) mass is 718 g/mol. The Bertz CT molecular complexity index is 3010. The van der Waals surface area contributed by atoms with E-state index in [-0.39, 0.29) is 0 Å². The minimum atomic E-state index is 0.584. The molecule has 0 N–H and O–H groups in total. The molecule has 56 heavy (non-hydrogen) atoms. The van der Waals surface area contributed by atoms with E-state index >= 15 is 0 Å². The van der Waals surface area contributed by atoms with Gasteiger partial charge in [0, 0.05) is 39.5 Å². The van der Waals surface area contributed by atoms with Crippen LogP contribution in [0.15, 0.2) is 158 Å². The van der Waals surface area contributed by atoms with Crippen molar-refractivity contribution >= 4 is 43.6 Å².